The van der Waals surface area contributed by atoms with Gasteiger partial charge in [-0.3, -0.25) is 0 Å². The molecule has 0 bridgehead atoms. The normalized spacial score (nSPS) is 21.9. The summed E-state index contributed by atoms with van der Waals surface area (Å²) >= 11 is 0. The number of anilines is 2. The number of nitrogens with one attached hydrogen (secondary N) is 2. The smallest absolute Gasteiger partial charge is 0.323 e. The monoisotopic (exact) mass is 295 g/mol. The highest BCUT2D eigenvalue weighted by molar-refractivity contribution is 5.36. The standard InChI is InChI=1S/C14H25N5O2/c1-3-15-12-17-13(19-14(18-12)21-4-2)16-11-8-6-5-7-10(11)9-20/h10-11,20H,3-9H2,1-2H3,(H2,15,16,17,18,19). The van der Waals surface area contributed by atoms with Crippen molar-refractivity contribution < 1.29 is 9.84 Å². The van der Waals surface area contributed by atoms with Crippen molar-refractivity contribution in [1.82, 2.24) is 15.0 Å². The first-order valence-corrected chi connectivity index (χ1v) is 7.77. The van der Waals surface area contributed by atoms with Crippen molar-refractivity contribution in [1.29, 1.82) is 0 Å². The summed E-state index contributed by atoms with van der Waals surface area (Å²) in [5.74, 6) is 1.28. The van der Waals surface area contributed by atoms with E-state index < -0.39 is 0 Å². The lowest BCUT2D eigenvalue weighted by molar-refractivity contribution is 0.178. The van der Waals surface area contributed by atoms with Gasteiger partial charge < -0.3 is 20.5 Å². The van der Waals surface area contributed by atoms with Crippen molar-refractivity contribution in [3.63, 3.8) is 0 Å². The van der Waals surface area contributed by atoms with Gasteiger partial charge in [-0.2, -0.15) is 15.0 Å². The van der Waals surface area contributed by atoms with Crippen LogP contribution in [-0.4, -0.2) is 45.9 Å². The van der Waals surface area contributed by atoms with E-state index in [9.17, 15) is 5.11 Å². The molecule has 0 aliphatic heterocycles. The largest absolute Gasteiger partial charge is 0.464 e. The maximum atomic E-state index is 9.49. The average molecular weight is 295 g/mol. The number of hydrogen-bond donors (Lipinski definition) is 3. The Kier molecular flexibility index (Phi) is 5.98. The van der Waals surface area contributed by atoms with Crippen LogP contribution in [0, 0.1) is 5.92 Å². The third-order valence-electron chi connectivity index (χ3n) is 3.68. The van der Waals surface area contributed by atoms with E-state index in [1.54, 1.807) is 0 Å². The van der Waals surface area contributed by atoms with Crippen LogP contribution < -0.4 is 15.4 Å². The van der Waals surface area contributed by atoms with Gasteiger partial charge in [0.25, 0.3) is 0 Å². The van der Waals surface area contributed by atoms with Gasteiger partial charge in [-0.25, -0.2) is 0 Å². The molecule has 0 amide bonds. The minimum absolute atomic E-state index is 0.196. The second kappa shape index (κ2) is 7.97. The maximum Gasteiger partial charge on any atom is 0.323 e. The molecule has 0 saturated heterocycles. The third kappa shape index (κ3) is 4.42. The van der Waals surface area contributed by atoms with Crippen LogP contribution in [0.4, 0.5) is 11.9 Å². The summed E-state index contributed by atoms with van der Waals surface area (Å²) in [6.45, 7) is 5.32. The molecule has 3 N–H and O–H groups in total. The fourth-order valence-corrected chi connectivity index (χ4v) is 2.63. The lowest BCUT2D eigenvalue weighted by atomic mass is 9.85. The van der Waals surface area contributed by atoms with Gasteiger partial charge in [-0.1, -0.05) is 12.8 Å². The Morgan fingerprint density at radius 2 is 1.90 bits per heavy atom. The van der Waals surface area contributed by atoms with Crippen LogP contribution in [0.25, 0.3) is 0 Å². The molecule has 0 radical (unpaired) electrons. The first-order valence-electron chi connectivity index (χ1n) is 7.77. The molecule has 1 fully saturated rings. The van der Waals surface area contributed by atoms with E-state index in [2.05, 4.69) is 25.6 Å². The summed E-state index contributed by atoms with van der Waals surface area (Å²) in [5, 5.41) is 15.9. The molecular formula is C14H25N5O2. The Balaban J connectivity index is 2.13. The molecule has 1 aromatic heterocycles. The number of aliphatic hydroxyl groups excluding tert-OH is 1. The highest BCUT2D eigenvalue weighted by Gasteiger charge is 2.25. The fraction of sp³-hybridized carbons (Fsp3) is 0.786. The van der Waals surface area contributed by atoms with Crippen LogP contribution in [0.3, 0.4) is 0 Å². The summed E-state index contributed by atoms with van der Waals surface area (Å²) in [4.78, 5) is 12.9. The summed E-state index contributed by atoms with van der Waals surface area (Å²) in [5.41, 5.74) is 0. The summed E-state index contributed by atoms with van der Waals surface area (Å²) in [7, 11) is 0. The fourth-order valence-electron chi connectivity index (χ4n) is 2.63. The maximum absolute atomic E-state index is 9.49. The predicted octanol–water partition coefficient (Wildman–Crippen LogP) is 1.67. The van der Waals surface area contributed by atoms with Crippen molar-refractivity contribution in [3.8, 4) is 6.01 Å². The van der Waals surface area contributed by atoms with Gasteiger partial charge in [-0.15, -0.1) is 0 Å². The molecule has 2 rings (SSSR count). The zero-order chi connectivity index (χ0) is 15.1. The number of nitrogens with zero attached hydrogens (tertiary/aromatic N) is 3. The highest BCUT2D eigenvalue weighted by Crippen LogP contribution is 2.26. The quantitative estimate of drug-likeness (QED) is 0.704. The number of rotatable bonds is 7. The Bertz CT molecular complexity index is 419. The molecule has 21 heavy (non-hydrogen) atoms. The van der Waals surface area contributed by atoms with Gasteiger partial charge in [0.15, 0.2) is 0 Å². The van der Waals surface area contributed by atoms with E-state index in [0.29, 0.717) is 24.5 Å². The molecule has 2 unspecified atom stereocenters. The number of aromatic nitrogens is 3. The number of ether oxygens (including phenoxy) is 1. The third-order valence-corrected chi connectivity index (χ3v) is 3.68. The van der Waals surface area contributed by atoms with Crippen LogP contribution in [0.5, 0.6) is 6.01 Å². The molecule has 1 aromatic rings. The lowest BCUT2D eigenvalue weighted by Crippen LogP contribution is -2.35. The van der Waals surface area contributed by atoms with Gasteiger partial charge in [0.2, 0.25) is 11.9 Å². The van der Waals surface area contributed by atoms with Crippen LogP contribution >= 0.6 is 0 Å². The molecule has 0 spiro atoms. The molecule has 7 nitrogen and oxygen atoms in total. The second-order valence-corrected chi connectivity index (χ2v) is 5.21. The minimum atomic E-state index is 0.196. The minimum Gasteiger partial charge on any atom is -0.464 e. The van der Waals surface area contributed by atoms with Gasteiger partial charge >= 0.3 is 6.01 Å². The molecule has 1 aliphatic carbocycles. The number of hydrogen-bond acceptors (Lipinski definition) is 7. The molecule has 7 heteroatoms. The summed E-state index contributed by atoms with van der Waals surface area (Å²) < 4.78 is 5.38. The molecular weight excluding hydrogens is 270 g/mol. The van der Waals surface area contributed by atoms with Gasteiger partial charge in [0, 0.05) is 25.1 Å². The van der Waals surface area contributed by atoms with E-state index >= 15 is 0 Å². The average Bonchev–Trinajstić information content (AvgIpc) is 2.48. The zero-order valence-corrected chi connectivity index (χ0v) is 12.8. The predicted molar refractivity (Wildman–Crippen MR) is 81.6 cm³/mol. The number of aliphatic hydroxyl groups is 1. The summed E-state index contributed by atoms with van der Waals surface area (Å²) in [6.07, 6.45) is 4.40. The van der Waals surface area contributed by atoms with Crippen molar-refractivity contribution in [2.24, 2.45) is 5.92 Å². The molecule has 0 aromatic carbocycles. The van der Waals surface area contributed by atoms with Crippen LogP contribution in [0.1, 0.15) is 39.5 Å². The van der Waals surface area contributed by atoms with Crippen LogP contribution in [-0.2, 0) is 0 Å². The highest BCUT2D eigenvalue weighted by atomic mass is 16.5. The SMILES string of the molecule is CCNc1nc(NC2CCCCC2CO)nc(OCC)n1. The van der Waals surface area contributed by atoms with Crippen molar-refractivity contribution in [2.45, 2.75) is 45.6 Å². The molecule has 2 atom stereocenters. The Hall–Kier alpha value is -1.63. The molecule has 1 saturated carbocycles. The van der Waals surface area contributed by atoms with E-state index in [1.165, 1.54) is 6.42 Å². The van der Waals surface area contributed by atoms with Crippen molar-refractivity contribution in [2.75, 3.05) is 30.4 Å². The zero-order valence-electron chi connectivity index (χ0n) is 12.8. The molecule has 1 aliphatic rings. The van der Waals surface area contributed by atoms with Gasteiger partial charge in [0.1, 0.15) is 0 Å². The van der Waals surface area contributed by atoms with E-state index in [-0.39, 0.29) is 18.6 Å². The topological polar surface area (TPSA) is 92.2 Å². The second-order valence-electron chi connectivity index (χ2n) is 5.21. The Morgan fingerprint density at radius 3 is 2.62 bits per heavy atom. The Morgan fingerprint density at radius 1 is 1.14 bits per heavy atom. The van der Waals surface area contributed by atoms with Crippen molar-refractivity contribution in [3.05, 3.63) is 0 Å². The molecule has 1 heterocycles. The van der Waals surface area contributed by atoms with E-state index in [0.717, 1.165) is 25.8 Å². The Labute approximate surface area is 125 Å². The van der Waals surface area contributed by atoms with Gasteiger partial charge in [-0.05, 0) is 26.7 Å². The first kappa shape index (κ1) is 15.8. The lowest BCUT2D eigenvalue weighted by Gasteiger charge is -2.30. The van der Waals surface area contributed by atoms with E-state index in [1.807, 2.05) is 13.8 Å². The summed E-state index contributed by atoms with van der Waals surface area (Å²) in [6, 6.07) is 0.525. The van der Waals surface area contributed by atoms with Crippen molar-refractivity contribution >= 4 is 11.9 Å². The van der Waals surface area contributed by atoms with Gasteiger partial charge in [0.05, 0.1) is 6.61 Å². The molecule has 118 valence electrons. The van der Waals surface area contributed by atoms with Crippen LogP contribution in [0.2, 0.25) is 0 Å². The van der Waals surface area contributed by atoms with Crippen LogP contribution in [0.15, 0.2) is 0 Å². The van der Waals surface area contributed by atoms with E-state index in [4.69, 9.17) is 4.74 Å². The first-order chi connectivity index (χ1) is 10.3.